The van der Waals surface area contributed by atoms with Gasteiger partial charge in [0.2, 0.25) is 0 Å². The zero-order valence-corrected chi connectivity index (χ0v) is 11.5. The molecule has 98 valence electrons. The molecule has 0 radical (unpaired) electrons. The first-order chi connectivity index (χ1) is 9.04. The van der Waals surface area contributed by atoms with Gasteiger partial charge >= 0.3 is 5.76 Å². The van der Waals surface area contributed by atoms with Crippen molar-refractivity contribution in [3.05, 3.63) is 44.3 Å². The third kappa shape index (κ3) is 2.04. The molecule has 2 N–H and O–H groups in total. The lowest BCUT2D eigenvalue weighted by Crippen LogP contribution is -2.14. The summed E-state index contributed by atoms with van der Waals surface area (Å²) in [6.07, 6.45) is 0. The van der Waals surface area contributed by atoms with Crippen molar-refractivity contribution >= 4 is 28.1 Å². The van der Waals surface area contributed by atoms with E-state index in [-0.39, 0.29) is 5.76 Å². The fraction of sp³-hybridized carbons (Fsp3) is 0.231. The maximum atomic E-state index is 11.9. The molecule has 0 spiro atoms. The third-order valence-corrected chi connectivity index (χ3v) is 4.12. The number of oxazole rings is 1. The van der Waals surface area contributed by atoms with Crippen molar-refractivity contribution in [3.8, 4) is 0 Å². The molecule has 3 aromatic rings. The molecule has 0 aliphatic rings. The molecule has 3 rings (SSSR count). The van der Waals surface area contributed by atoms with Crippen LogP contribution in [0, 0.1) is 13.8 Å². The standard InChI is InChI=1S/C13H13N3O2S/c1-7-8(2)19-12(15-7)6-16-10-4-3-9(14)5-11(10)18-13(16)17/h3-5H,6,14H2,1-2H3. The normalized spacial score (nSPS) is 11.3. The number of thiazole rings is 1. The second-order valence-electron chi connectivity index (χ2n) is 4.43. The molecule has 6 heteroatoms. The topological polar surface area (TPSA) is 74.0 Å². The monoisotopic (exact) mass is 275 g/mol. The number of anilines is 1. The maximum Gasteiger partial charge on any atom is 0.420 e. The summed E-state index contributed by atoms with van der Waals surface area (Å²) in [5.74, 6) is -0.383. The van der Waals surface area contributed by atoms with Gasteiger partial charge in [0.1, 0.15) is 5.01 Å². The highest BCUT2D eigenvalue weighted by atomic mass is 32.1. The van der Waals surface area contributed by atoms with E-state index >= 15 is 0 Å². The van der Waals surface area contributed by atoms with Gasteiger partial charge in [-0.3, -0.25) is 4.57 Å². The summed E-state index contributed by atoms with van der Waals surface area (Å²) in [5, 5.41) is 0.900. The molecule has 0 atom stereocenters. The van der Waals surface area contributed by atoms with Crippen LogP contribution in [-0.4, -0.2) is 9.55 Å². The molecular formula is C13H13N3O2S. The van der Waals surface area contributed by atoms with Gasteiger partial charge in [-0.15, -0.1) is 11.3 Å². The molecule has 2 aromatic heterocycles. The summed E-state index contributed by atoms with van der Waals surface area (Å²) < 4.78 is 6.77. The van der Waals surface area contributed by atoms with E-state index in [1.165, 1.54) is 4.88 Å². The Bertz CT molecular complexity index is 794. The highest BCUT2D eigenvalue weighted by Gasteiger charge is 2.12. The molecule has 19 heavy (non-hydrogen) atoms. The third-order valence-electron chi connectivity index (χ3n) is 3.06. The number of hydrogen-bond donors (Lipinski definition) is 1. The van der Waals surface area contributed by atoms with Crippen LogP contribution in [0.4, 0.5) is 5.69 Å². The van der Waals surface area contributed by atoms with E-state index in [1.54, 1.807) is 34.1 Å². The van der Waals surface area contributed by atoms with Crippen LogP contribution in [0.5, 0.6) is 0 Å². The van der Waals surface area contributed by atoms with Crippen LogP contribution < -0.4 is 11.5 Å². The summed E-state index contributed by atoms with van der Waals surface area (Å²) in [6, 6.07) is 5.21. The van der Waals surface area contributed by atoms with Gasteiger partial charge in [-0.1, -0.05) is 0 Å². The van der Waals surface area contributed by atoms with Crippen LogP contribution in [0.3, 0.4) is 0 Å². The lowest BCUT2D eigenvalue weighted by Gasteiger charge is -1.98. The maximum absolute atomic E-state index is 11.9. The van der Waals surface area contributed by atoms with E-state index in [0.29, 0.717) is 17.8 Å². The number of nitrogens with zero attached hydrogens (tertiary/aromatic N) is 2. The van der Waals surface area contributed by atoms with Crippen molar-refractivity contribution in [1.82, 2.24) is 9.55 Å². The molecule has 0 amide bonds. The van der Waals surface area contributed by atoms with E-state index in [0.717, 1.165) is 16.2 Å². The Kier molecular flexibility index (Phi) is 2.67. The molecule has 0 aliphatic heterocycles. The number of nitrogens with two attached hydrogens (primary N) is 1. The van der Waals surface area contributed by atoms with Gasteiger partial charge < -0.3 is 10.2 Å². The van der Waals surface area contributed by atoms with E-state index in [1.807, 2.05) is 13.8 Å². The molecule has 0 saturated heterocycles. The summed E-state index contributed by atoms with van der Waals surface area (Å²) in [7, 11) is 0. The highest BCUT2D eigenvalue weighted by molar-refractivity contribution is 7.11. The van der Waals surface area contributed by atoms with Crippen molar-refractivity contribution in [2.45, 2.75) is 20.4 Å². The Morgan fingerprint density at radius 3 is 2.89 bits per heavy atom. The van der Waals surface area contributed by atoms with E-state index in [2.05, 4.69) is 4.98 Å². The summed E-state index contributed by atoms with van der Waals surface area (Å²) >= 11 is 1.60. The van der Waals surface area contributed by atoms with Gasteiger partial charge in [-0.05, 0) is 26.0 Å². The SMILES string of the molecule is Cc1nc(Cn2c(=O)oc3cc(N)ccc32)sc1C. The summed E-state index contributed by atoms with van der Waals surface area (Å²) in [5.41, 5.74) is 8.51. The zero-order valence-electron chi connectivity index (χ0n) is 10.6. The first-order valence-corrected chi connectivity index (χ1v) is 6.68. The first kappa shape index (κ1) is 12.0. The molecule has 1 aromatic carbocycles. The van der Waals surface area contributed by atoms with Crippen LogP contribution in [-0.2, 0) is 6.54 Å². The van der Waals surface area contributed by atoms with Crippen molar-refractivity contribution in [2.75, 3.05) is 5.73 Å². The number of aryl methyl sites for hydroxylation is 2. The Morgan fingerprint density at radius 1 is 1.42 bits per heavy atom. The van der Waals surface area contributed by atoms with E-state index < -0.39 is 0 Å². The number of aromatic nitrogens is 2. The van der Waals surface area contributed by atoms with E-state index in [4.69, 9.17) is 10.2 Å². The minimum Gasteiger partial charge on any atom is -0.408 e. The minimum atomic E-state index is -0.383. The fourth-order valence-corrected chi connectivity index (χ4v) is 2.90. The van der Waals surface area contributed by atoms with Crippen molar-refractivity contribution in [3.63, 3.8) is 0 Å². The van der Waals surface area contributed by atoms with Crippen LogP contribution in [0.1, 0.15) is 15.6 Å². The number of rotatable bonds is 2. The fourth-order valence-electron chi connectivity index (χ4n) is 1.97. The molecule has 0 unspecified atom stereocenters. The largest absolute Gasteiger partial charge is 0.420 e. The lowest BCUT2D eigenvalue weighted by atomic mass is 10.3. The summed E-state index contributed by atoms with van der Waals surface area (Å²) in [4.78, 5) is 17.5. The van der Waals surface area contributed by atoms with Crippen LogP contribution in [0.25, 0.3) is 11.1 Å². The van der Waals surface area contributed by atoms with E-state index in [9.17, 15) is 4.79 Å². The second-order valence-corrected chi connectivity index (χ2v) is 5.72. The molecule has 0 bridgehead atoms. The van der Waals surface area contributed by atoms with Crippen LogP contribution in [0.2, 0.25) is 0 Å². The quantitative estimate of drug-likeness (QED) is 0.728. The molecule has 0 saturated carbocycles. The van der Waals surface area contributed by atoms with Gasteiger partial charge in [0.25, 0.3) is 0 Å². The van der Waals surface area contributed by atoms with Gasteiger partial charge in [0.15, 0.2) is 5.58 Å². The number of benzene rings is 1. The molecular weight excluding hydrogens is 262 g/mol. The predicted octanol–water partition coefficient (Wildman–Crippen LogP) is 2.30. The minimum absolute atomic E-state index is 0.383. The Morgan fingerprint density at radius 2 is 2.21 bits per heavy atom. The number of fused-ring (bicyclic) bond motifs is 1. The highest BCUT2D eigenvalue weighted by Crippen LogP contribution is 2.20. The van der Waals surface area contributed by atoms with Gasteiger partial charge in [0.05, 0.1) is 17.8 Å². The first-order valence-electron chi connectivity index (χ1n) is 5.86. The van der Waals surface area contributed by atoms with Gasteiger partial charge in [-0.2, -0.15) is 0 Å². The van der Waals surface area contributed by atoms with Gasteiger partial charge in [0, 0.05) is 16.6 Å². The molecule has 2 heterocycles. The zero-order chi connectivity index (χ0) is 13.6. The van der Waals surface area contributed by atoms with Crippen molar-refractivity contribution in [1.29, 1.82) is 0 Å². The smallest absolute Gasteiger partial charge is 0.408 e. The summed E-state index contributed by atoms with van der Waals surface area (Å²) in [6.45, 7) is 4.41. The average Bonchev–Trinajstić information content (AvgIpc) is 2.81. The second kappa shape index (κ2) is 4.24. The Labute approximate surface area is 113 Å². The predicted molar refractivity (Wildman–Crippen MR) is 75.6 cm³/mol. The van der Waals surface area contributed by atoms with Crippen LogP contribution in [0.15, 0.2) is 27.4 Å². The molecule has 5 nitrogen and oxygen atoms in total. The Hall–Kier alpha value is -2.08. The lowest BCUT2D eigenvalue weighted by molar-refractivity contribution is 0.517. The Balaban J connectivity index is 2.10. The molecule has 0 aliphatic carbocycles. The number of nitrogen functional groups attached to an aromatic ring is 1. The van der Waals surface area contributed by atoms with Gasteiger partial charge in [-0.25, -0.2) is 9.78 Å². The van der Waals surface area contributed by atoms with Crippen molar-refractivity contribution < 1.29 is 4.42 Å². The number of hydrogen-bond acceptors (Lipinski definition) is 5. The molecule has 0 fully saturated rings. The average molecular weight is 275 g/mol. The van der Waals surface area contributed by atoms with Crippen LogP contribution >= 0.6 is 11.3 Å². The van der Waals surface area contributed by atoms with Crippen molar-refractivity contribution in [2.24, 2.45) is 0 Å².